The van der Waals surface area contributed by atoms with Crippen molar-refractivity contribution in [1.82, 2.24) is 4.90 Å². The minimum absolute atomic E-state index is 0.0226. The molecule has 0 atom stereocenters. The van der Waals surface area contributed by atoms with Crippen molar-refractivity contribution >= 4 is 23.3 Å². The highest BCUT2D eigenvalue weighted by atomic mass is 16.5. The lowest BCUT2D eigenvalue weighted by Gasteiger charge is -2.49. The molecule has 0 radical (unpaired) electrons. The lowest BCUT2D eigenvalue weighted by molar-refractivity contribution is -0.135. The van der Waals surface area contributed by atoms with Gasteiger partial charge in [0.15, 0.2) is 0 Å². The smallest absolute Gasteiger partial charge is 0.334 e. The van der Waals surface area contributed by atoms with E-state index in [0.717, 1.165) is 24.8 Å². The van der Waals surface area contributed by atoms with Crippen LogP contribution in [0.5, 0.6) is 5.75 Å². The van der Waals surface area contributed by atoms with E-state index in [1.807, 2.05) is 46.4 Å². The summed E-state index contributed by atoms with van der Waals surface area (Å²) in [7, 11) is 0. The monoisotopic (exact) mass is 655 g/mol. The molecule has 1 aliphatic rings. The van der Waals surface area contributed by atoms with Gasteiger partial charge < -0.3 is 31.3 Å². The van der Waals surface area contributed by atoms with Crippen LogP contribution in [0.15, 0.2) is 28.6 Å². The number of aliphatic carboxylic acids is 2. The van der Waals surface area contributed by atoms with Crippen LogP contribution in [0.4, 0.5) is 11.4 Å². The summed E-state index contributed by atoms with van der Waals surface area (Å²) < 4.78 is 6.39. The number of carboxylic acids is 2. The van der Waals surface area contributed by atoms with Crippen LogP contribution in [0.1, 0.15) is 157 Å². The van der Waals surface area contributed by atoms with E-state index in [1.54, 1.807) is 19.9 Å². The van der Waals surface area contributed by atoms with Gasteiger partial charge in [-0.2, -0.15) is 0 Å². The number of nitrogen functional groups attached to an aromatic ring is 2. The number of hydrogen-bond acceptors (Lipinski definition) is 6. The number of ether oxygens (including phenoxy) is 1. The second-order valence-corrected chi connectivity index (χ2v) is 14.4. The number of carbonyl (C=O) groups is 2. The summed E-state index contributed by atoms with van der Waals surface area (Å²) in [5.41, 5.74) is 14.8. The fourth-order valence-corrected chi connectivity index (χ4v) is 7.84. The molecule has 0 spiro atoms. The van der Waals surface area contributed by atoms with Crippen LogP contribution in [0.25, 0.3) is 0 Å². The molecule has 1 aromatic carbocycles. The van der Waals surface area contributed by atoms with E-state index >= 15 is 0 Å². The number of nitrogens with zero attached hydrogens (tertiary/aromatic N) is 1. The van der Waals surface area contributed by atoms with Crippen molar-refractivity contribution in [3.63, 3.8) is 0 Å². The summed E-state index contributed by atoms with van der Waals surface area (Å²) in [5.74, 6) is -2.50. The SMILES string of the molecule is CCCCCCCCCCCCCCCc1c(N)cc(N)c(OC(C)C)c1C1(C(C)C)C(C(=O)O)=C(C)N(C(C)C)C(C)=C1C(=O)O. The van der Waals surface area contributed by atoms with E-state index in [-0.39, 0.29) is 29.0 Å². The van der Waals surface area contributed by atoms with Gasteiger partial charge >= 0.3 is 11.9 Å². The molecule has 8 nitrogen and oxygen atoms in total. The van der Waals surface area contributed by atoms with Crippen LogP contribution in [0.2, 0.25) is 0 Å². The van der Waals surface area contributed by atoms with Gasteiger partial charge in [0.25, 0.3) is 0 Å². The molecule has 0 fully saturated rings. The Balaban J connectivity index is 2.56. The van der Waals surface area contributed by atoms with Gasteiger partial charge in [0.2, 0.25) is 0 Å². The number of anilines is 2. The molecule has 1 aliphatic heterocycles. The van der Waals surface area contributed by atoms with E-state index in [4.69, 9.17) is 16.2 Å². The topological polar surface area (TPSA) is 139 Å². The molecule has 0 bridgehead atoms. The van der Waals surface area contributed by atoms with Crippen LogP contribution in [-0.2, 0) is 21.4 Å². The largest absolute Gasteiger partial charge is 0.489 e. The minimum atomic E-state index is -1.57. The fraction of sp³-hybridized carbons (Fsp3) is 0.692. The van der Waals surface area contributed by atoms with Crippen molar-refractivity contribution in [2.75, 3.05) is 11.5 Å². The Hall–Kier alpha value is -3.16. The molecular weight excluding hydrogens is 590 g/mol. The van der Waals surface area contributed by atoms with Crippen LogP contribution in [0.3, 0.4) is 0 Å². The lowest BCUT2D eigenvalue weighted by Crippen LogP contribution is -2.50. The molecule has 8 heteroatoms. The van der Waals surface area contributed by atoms with Crippen molar-refractivity contribution in [2.45, 2.75) is 170 Å². The summed E-state index contributed by atoms with van der Waals surface area (Å²) >= 11 is 0. The molecule has 2 rings (SSSR count). The van der Waals surface area contributed by atoms with Gasteiger partial charge in [-0.25, -0.2) is 9.59 Å². The highest BCUT2D eigenvalue weighted by Gasteiger charge is 2.56. The van der Waals surface area contributed by atoms with Crippen LogP contribution < -0.4 is 16.2 Å². The second kappa shape index (κ2) is 18.4. The molecule has 1 aromatic rings. The van der Waals surface area contributed by atoms with Gasteiger partial charge in [-0.3, -0.25) is 0 Å². The molecule has 0 unspecified atom stereocenters. The van der Waals surface area contributed by atoms with Crippen molar-refractivity contribution in [3.05, 3.63) is 39.7 Å². The molecule has 47 heavy (non-hydrogen) atoms. The summed E-state index contributed by atoms with van der Waals surface area (Å²) in [4.78, 5) is 28.6. The van der Waals surface area contributed by atoms with Gasteiger partial charge in [-0.1, -0.05) is 97.8 Å². The quantitative estimate of drug-likeness (QED) is 0.0758. The van der Waals surface area contributed by atoms with Gasteiger partial charge in [-0.15, -0.1) is 0 Å². The summed E-state index contributed by atoms with van der Waals surface area (Å²) in [6, 6.07) is 1.52. The minimum Gasteiger partial charge on any atom is -0.489 e. The molecule has 0 saturated heterocycles. The molecule has 0 saturated carbocycles. The molecular formula is C39H65N3O5. The third kappa shape index (κ3) is 9.26. The number of hydrogen-bond donors (Lipinski definition) is 4. The summed E-state index contributed by atoms with van der Waals surface area (Å²) in [6.45, 7) is 17.2. The average molecular weight is 656 g/mol. The maximum Gasteiger partial charge on any atom is 0.334 e. The molecule has 0 amide bonds. The molecule has 0 aliphatic carbocycles. The van der Waals surface area contributed by atoms with E-state index in [1.165, 1.54) is 64.2 Å². The predicted octanol–water partition coefficient (Wildman–Crippen LogP) is 9.61. The first kappa shape index (κ1) is 40.0. The number of benzene rings is 1. The van der Waals surface area contributed by atoms with Gasteiger partial charge in [0, 0.05) is 28.7 Å². The first-order valence-electron chi connectivity index (χ1n) is 18.2. The van der Waals surface area contributed by atoms with E-state index in [2.05, 4.69) is 6.92 Å². The number of nitrogens with two attached hydrogens (primary N) is 2. The summed E-state index contributed by atoms with van der Waals surface area (Å²) in [6.07, 6.45) is 16.2. The maximum absolute atomic E-state index is 13.4. The van der Waals surface area contributed by atoms with Crippen LogP contribution in [0, 0.1) is 5.92 Å². The lowest BCUT2D eigenvalue weighted by atomic mass is 9.57. The molecule has 266 valence electrons. The molecule has 1 heterocycles. The Bertz CT molecular complexity index is 1240. The van der Waals surface area contributed by atoms with Crippen LogP contribution in [-0.4, -0.2) is 39.2 Å². The maximum atomic E-state index is 13.4. The third-order valence-electron chi connectivity index (χ3n) is 9.77. The van der Waals surface area contributed by atoms with Gasteiger partial charge in [0.1, 0.15) is 5.75 Å². The Morgan fingerprint density at radius 2 is 1.17 bits per heavy atom. The van der Waals surface area contributed by atoms with E-state index in [0.29, 0.717) is 34.8 Å². The predicted molar refractivity (Wildman–Crippen MR) is 195 cm³/mol. The standard InChI is InChI=1S/C39H65N3O5/c1-10-11-12-13-14-15-16-17-18-19-20-21-22-23-30-31(40)24-32(41)36(47-27(6)7)35(30)39(25(2)3)33(37(43)44)28(8)42(26(4)5)29(9)34(39)38(45)46/h24-27H,10-23,40-41H2,1-9H3,(H,43,44)(H,45,46). The van der Waals surface area contributed by atoms with Crippen molar-refractivity contribution < 1.29 is 24.5 Å². The fourth-order valence-electron chi connectivity index (χ4n) is 7.84. The highest BCUT2D eigenvalue weighted by molar-refractivity contribution is 6.02. The normalized spacial score (nSPS) is 15.0. The van der Waals surface area contributed by atoms with Gasteiger partial charge in [0.05, 0.1) is 28.4 Å². The second-order valence-electron chi connectivity index (χ2n) is 14.4. The first-order valence-corrected chi connectivity index (χ1v) is 18.2. The Labute approximate surface area is 285 Å². The number of rotatable bonds is 21. The summed E-state index contributed by atoms with van der Waals surface area (Å²) in [5, 5.41) is 21.9. The molecule has 6 N–H and O–H groups in total. The zero-order valence-corrected chi connectivity index (χ0v) is 30.9. The van der Waals surface area contributed by atoms with Crippen molar-refractivity contribution in [2.24, 2.45) is 5.92 Å². The highest BCUT2D eigenvalue weighted by Crippen LogP contribution is 2.57. The van der Waals surface area contributed by atoms with E-state index in [9.17, 15) is 19.8 Å². The third-order valence-corrected chi connectivity index (χ3v) is 9.77. The Morgan fingerprint density at radius 1 is 0.745 bits per heavy atom. The van der Waals surface area contributed by atoms with Gasteiger partial charge in [-0.05, 0) is 71.9 Å². The number of unbranched alkanes of at least 4 members (excludes halogenated alkanes) is 12. The number of allylic oxidation sites excluding steroid dienone is 2. The first-order chi connectivity index (χ1) is 22.2. The van der Waals surface area contributed by atoms with Crippen molar-refractivity contribution in [3.8, 4) is 5.75 Å². The molecule has 0 aromatic heterocycles. The number of carboxylic acid groups (broad SMARTS) is 2. The van der Waals surface area contributed by atoms with Crippen LogP contribution >= 0.6 is 0 Å². The zero-order chi connectivity index (χ0) is 35.5. The Kier molecular flexibility index (Phi) is 15.7. The average Bonchev–Trinajstić information content (AvgIpc) is 2.96. The van der Waals surface area contributed by atoms with Crippen molar-refractivity contribution in [1.29, 1.82) is 0 Å². The Morgan fingerprint density at radius 3 is 1.53 bits per heavy atom. The zero-order valence-electron chi connectivity index (χ0n) is 30.9. The van der Waals surface area contributed by atoms with E-state index < -0.39 is 23.3 Å².